The highest BCUT2D eigenvalue weighted by atomic mass is 32.3. The van der Waals surface area contributed by atoms with Crippen LogP contribution < -0.4 is 4.57 Å². The number of amides is 2. The summed E-state index contributed by atoms with van der Waals surface area (Å²) in [7, 11) is -2.84. The molecule has 2 aliphatic heterocycles. The van der Waals surface area contributed by atoms with Crippen molar-refractivity contribution >= 4 is 16.4 Å². The minimum atomic E-state index is -4.75. The van der Waals surface area contributed by atoms with Crippen LogP contribution in [0.3, 0.4) is 0 Å². The van der Waals surface area contributed by atoms with Crippen LogP contribution in [0, 0.1) is 0 Å². The summed E-state index contributed by atoms with van der Waals surface area (Å²) in [6.07, 6.45) is 4.87. The molecular weight excluding hydrogens is 364 g/mol. The number of carbonyl (C=O) groups excluding carboxylic acids is 1. The average molecular weight is 381 g/mol. The molecule has 0 radical (unpaired) electrons. The lowest BCUT2D eigenvalue weighted by molar-refractivity contribution is -0.671. The maximum atomic E-state index is 12.5. The number of hydrogen-bond acceptors (Lipinski definition) is 6. The molecule has 4 rings (SSSR count). The molecule has 0 aromatic carbocycles. The monoisotopic (exact) mass is 381 g/mol. The van der Waals surface area contributed by atoms with Crippen LogP contribution in [0.25, 0.3) is 11.3 Å². The van der Waals surface area contributed by atoms with Crippen molar-refractivity contribution in [2.45, 2.75) is 24.9 Å². The number of urea groups is 1. The highest BCUT2D eigenvalue weighted by molar-refractivity contribution is 7.80. The van der Waals surface area contributed by atoms with E-state index in [9.17, 15) is 13.2 Å². The number of fused-ring (bicyclic) bond motifs is 2. The predicted octanol–water partition coefficient (Wildman–Crippen LogP) is 0.842. The molecular formula is C15H17N4O6S+. The Balaban J connectivity index is 1.57. The highest BCUT2D eigenvalue weighted by Crippen LogP contribution is 2.39. The first-order chi connectivity index (χ1) is 12.3. The summed E-state index contributed by atoms with van der Waals surface area (Å²) in [5.41, 5.74) is 1.45. The number of hydroxylamine groups is 2. The third-order valence-corrected chi connectivity index (χ3v) is 4.98. The fourth-order valence-electron chi connectivity index (χ4n) is 3.39. The number of rotatable bonds is 4. The summed E-state index contributed by atoms with van der Waals surface area (Å²) in [6, 6.07) is 4.17. The van der Waals surface area contributed by atoms with Gasteiger partial charge < -0.3 is 9.42 Å². The van der Waals surface area contributed by atoms with Gasteiger partial charge in [0.05, 0.1) is 12.1 Å². The van der Waals surface area contributed by atoms with Gasteiger partial charge in [-0.25, -0.2) is 9.36 Å². The van der Waals surface area contributed by atoms with E-state index < -0.39 is 22.5 Å². The molecule has 0 spiro atoms. The Morgan fingerprint density at radius 1 is 1.35 bits per heavy atom. The molecule has 11 heteroatoms. The Labute approximate surface area is 149 Å². The lowest BCUT2D eigenvalue weighted by Crippen LogP contribution is -2.35. The van der Waals surface area contributed by atoms with E-state index in [4.69, 9.17) is 9.08 Å². The zero-order valence-electron chi connectivity index (χ0n) is 13.8. The van der Waals surface area contributed by atoms with Crippen LogP contribution in [-0.2, 0) is 21.7 Å². The molecule has 1 N–H and O–H groups in total. The Morgan fingerprint density at radius 2 is 2.08 bits per heavy atom. The third-order valence-electron chi connectivity index (χ3n) is 4.63. The summed E-state index contributed by atoms with van der Waals surface area (Å²) < 4.78 is 42.5. The van der Waals surface area contributed by atoms with Gasteiger partial charge in [0.2, 0.25) is 0 Å². The molecule has 2 aromatic rings. The zero-order valence-corrected chi connectivity index (χ0v) is 14.7. The lowest BCUT2D eigenvalue weighted by atomic mass is 9.98. The predicted molar refractivity (Wildman–Crippen MR) is 85.5 cm³/mol. The maximum Gasteiger partial charge on any atom is 0.418 e. The minimum absolute atomic E-state index is 0.294. The number of hydrogen-bond donors (Lipinski definition) is 1. The van der Waals surface area contributed by atoms with Gasteiger partial charge in [-0.15, -0.1) is 4.28 Å². The first-order valence-electron chi connectivity index (χ1n) is 8.01. The molecule has 2 bridgehead atoms. The van der Waals surface area contributed by atoms with Gasteiger partial charge in [0.1, 0.15) is 12.7 Å². The van der Waals surface area contributed by atoms with Gasteiger partial charge in [0, 0.05) is 30.3 Å². The van der Waals surface area contributed by atoms with Crippen LogP contribution in [0.4, 0.5) is 4.79 Å². The van der Waals surface area contributed by atoms with E-state index in [2.05, 4.69) is 9.44 Å². The molecule has 10 nitrogen and oxygen atoms in total. The van der Waals surface area contributed by atoms with Crippen molar-refractivity contribution in [2.24, 2.45) is 7.05 Å². The van der Waals surface area contributed by atoms with E-state index in [1.54, 1.807) is 6.07 Å². The van der Waals surface area contributed by atoms with Crippen LogP contribution in [-0.4, -0.2) is 46.7 Å². The van der Waals surface area contributed by atoms with Crippen molar-refractivity contribution in [3.63, 3.8) is 0 Å². The number of aromatic nitrogens is 2. The van der Waals surface area contributed by atoms with E-state index >= 15 is 0 Å². The fourth-order valence-corrected chi connectivity index (χ4v) is 3.77. The molecule has 2 atom stereocenters. The molecule has 2 fully saturated rings. The van der Waals surface area contributed by atoms with E-state index in [0.29, 0.717) is 35.9 Å². The maximum absolute atomic E-state index is 12.5. The van der Waals surface area contributed by atoms with Crippen molar-refractivity contribution in [3.05, 3.63) is 36.3 Å². The lowest BCUT2D eigenvalue weighted by Gasteiger charge is -2.28. The van der Waals surface area contributed by atoms with Gasteiger partial charge in [-0.1, -0.05) is 5.16 Å². The van der Waals surface area contributed by atoms with Crippen LogP contribution >= 0.6 is 0 Å². The largest absolute Gasteiger partial charge is 0.418 e. The Hall–Kier alpha value is -2.50. The van der Waals surface area contributed by atoms with E-state index in [-0.39, 0.29) is 6.04 Å². The van der Waals surface area contributed by atoms with Gasteiger partial charge in [0.25, 0.3) is 0 Å². The molecule has 4 heterocycles. The fraction of sp³-hybridized carbons (Fsp3) is 0.400. The number of aryl methyl sites for hydroxylation is 1. The van der Waals surface area contributed by atoms with Crippen LogP contribution in [0.5, 0.6) is 0 Å². The van der Waals surface area contributed by atoms with Crippen molar-refractivity contribution in [2.75, 3.05) is 6.54 Å². The second-order valence-corrected chi connectivity index (χ2v) is 7.38. The second-order valence-electron chi connectivity index (χ2n) is 6.38. The van der Waals surface area contributed by atoms with Gasteiger partial charge >= 0.3 is 16.4 Å². The van der Waals surface area contributed by atoms with E-state index in [0.717, 1.165) is 5.56 Å². The topological polar surface area (TPSA) is 117 Å². The minimum Gasteiger partial charge on any atom is -0.356 e. The van der Waals surface area contributed by atoms with Gasteiger partial charge in [0.15, 0.2) is 18.2 Å². The average Bonchev–Trinajstić information content (AvgIpc) is 3.15. The molecule has 2 aliphatic rings. The SMILES string of the molecule is C[n+]1ccc(-c2cc([C@H]3CC[C@@H]4CN3C(=O)N4OS(=O)(=O)O)no2)cc1. The van der Waals surface area contributed by atoms with E-state index in [1.807, 2.05) is 36.1 Å². The van der Waals surface area contributed by atoms with Crippen molar-refractivity contribution < 1.29 is 31.1 Å². The Kier molecular flexibility index (Phi) is 3.93. The van der Waals surface area contributed by atoms with Gasteiger partial charge in [-0.05, 0) is 12.8 Å². The quantitative estimate of drug-likeness (QED) is 0.616. The second kappa shape index (κ2) is 6.04. The molecule has 2 amide bonds. The first kappa shape index (κ1) is 16.9. The first-order valence-corrected chi connectivity index (χ1v) is 9.37. The standard InChI is InChI=1S/C15H16N4O6S/c1-17-6-4-10(5-7-17)14-8-12(16-24-14)13-3-2-11-9-18(13)15(20)19(11)25-26(21,22)23/h4-8,11,13H,2-3,9H2,1H3/p+1/t11-,13-/m1/s1. The molecule has 26 heavy (non-hydrogen) atoms. The smallest absolute Gasteiger partial charge is 0.356 e. The summed E-state index contributed by atoms with van der Waals surface area (Å²) in [6.45, 7) is 0.294. The number of nitrogens with zero attached hydrogens (tertiary/aromatic N) is 4. The molecule has 0 aliphatic carbocycles. The van der Waals surface area contributed by atoms with Gasteiger partial charge in [-0.3, -0.25) is 4.55 Å². The highest BCUT2D eigenvalue weighted by Gasteiger charge is 2.48. The molecule has 138 valence electrons. The summed E-state index contributed by atoms with van der Waals surface area (Å²) in [5, 5.41) is 4.80. The molecule has 0 saturated carbocycles. The molecule has 2 saturated heterocycles. The van der Waals surface area contributed by atoms with Crippen molar-refractivity contribution in [1.29, 1.82) is 0 Å². The number of piperidine rings is 1. The zero-order chi connectivity index (χ0) is 18.5. The third kappa shape index (κ3) is 3.04. The molecule has 0 unspecified atom stereocenters. The van der Waals surface area contributed by atoms with Gasteiger partial charge in [-0.2, -0.15) is 13.5 Å². The van der Waals surface area contributed by atoms with Crippen LogP contribution in [0.15, 0.2) is 35.1 Å². The van der Waals surface area contributed by atoms with Crippen molar-refractivity contribution in [3.8, 4) is 11.3 Å². The number of carbonyl (C=O) groups is 1. The summed E-state index contributed by atoms with van der Waals surface area (Å²) in [5.74, 6) is 0.584. The van der Waals surface area contributed by atoms with E-state index in [1.165, 1.54) is 4.90 Å². The Morgan fingerprint density at radius 3 is 2.77 bits per heavy atom. The summed E-state index contributed by atoms with van der Waals surface area (Å²) in [4.78, 5) is 13.9. The molecule has 2 aromatic heterocycles. The van der Waals surface area contributed by atoms with Crippen molar-refractivity contribution in [1.82, 2.24) is 15.1 Å². The Bertz CT molecular complexity index is 941. The van der Waals surface area contributed by atoms with Crippen LogP contribution in [0.2, 0.25) is 0 Å². The van der Waals surface area contributed by atoms with Crippen LogP contribution in [0.1, 0.15) is 24.6 Å². The number of pyridine rings is 1. The summed E-state index contributed by atoms with van der Waals surface area (Å²) >= 11 is 0. The normalized spacial score (nSPS) is 22.9.